The van der Waals surface area contributed by atoms with Crippen molar-refractivity contribution >= 4 is 13.7 Å². The van der Waals surface area contributed by atoms with E-state index >= 15 is 0 Å². The summed E-state index contributed by atoms with van der Waals surface area (Å²) in [4.78, 5) is 4.04. The van der Waals surface area contributed by atoms with Crippen molar-refractivity contribution < 1.29 is 4.39 Å². The zero-order valence-corrected chi connectivity index (χ0v) is 5.81. The van der Waals surface area contributed by atoms with Crippen molar-refractivity contribution in [2.45, 2.75) is 18.7 Å². The molecule has 2 nitrogen and oxygen atoms in total. The number of amidine groups is 1. The van der Waals surface area contributed by atoms with Gasteiger partial charge in [-0.3, -0.25) is 4.99 Å². The van der Waals surface area contributed by atoms with Gasteiger partial charge in [-0.1, -0.05) is 0 Å². The maximum Gasteiger partial charge on any atom is 0.160 e. The lowest BCUT2D eigenvalue weighted by Gasteiger charge is -2.19. The van der Waals surface area contributed by atoms with Gasteiger partial charge in [0.15, 0.2) is 6.80 Å². The van der Waals surface area contributed by atoms with Crippen LogP contribution in [0.25, 0.3) is 0 Å². The van der Waals surface area contributed by atoms with Gasteiger partial charge in [0.25, 0.3) is 0 Å². The van der Waals surface area contributed by atoms with E-state index in [0.717, 1.165) is 19.4 Å². The molecule has 1 N–H and O–H groups in total. The van der Waals surface area contributed by atoms with Gasteiger partial charge < -0.3 is 5.32 Å². The minimum Gasteiger partial charge on any atom is -0.347 e. The highest BCUT2D eigenvalue weighted by atomic mass is 19.1. The molecule has 0 fully saturated rings. The van der Waals surface area contributed by atoms with Gasteiger partial charge in [-0.05, 0) is 18.7 Å². The molecular weight excluding hydrogens is 130 g/mol. The second kappa shape index (κ2) is 3.59. The molecule has 0 aromatic carbocycles. The van der Waals surface area contributed by atoms with Gasteiger partial charge >= 0.3 is 0 Å². The van der Waals surface area contributed by atoms with Crippen molar-refractivity contribution in [2.75, 3.05) is 13.3 Å². The number of halogens is 1. The van der Waals surface area contributed by atoms with Gasteiger partial charge in [0, 0.05) is 6.54 Å². The standard InChI is InChI=1S/C6H10BFN2/c7-5-2-1-3-9-6(5)10-4-8/h5H,1-4H2,(H,9,10). The first-order chi connectivity index (χ1) is 4.84. The van der Waals surface area contributed by atoms with Gasteiger partial charge in [0.2, 0.25) is 0 Å². The molecule has 0 saturated carbocycles. The highest BCUT2D eigenvalue weighted by Gasteiger charge is 2.12. The van der Waals surface area contributed by atoms with E-state index < -0.39 is 6.80 Å². The number of alkyl halides is 1. The fourth-order valence-electron chi connectivity index (χ4n) is 1.02. The zero-order valence-electron chi connectivity index (χ0n) is 5.81. The highest BCUT2D eigenvalue weighted by molar-refractivity contribution is 6.25. The Kier molecular flexibility index (Phi) is 2.72. The summed E-state index contributed by atoms with van der Waals surface area (Å²) >= 11 is 0. The molecule has 4 heteroatoms. The van der Waals surface area contributed by atoms with Crippen molar-refractivity contribution in [3.05, 3.63) is 0 Å². The molecule has 1 aliphatic heterocycles. The SMILES string of the molecule is [B]C1CCCN=C1NCF. The average Bonchev–Trinajstić information content (AvgIpc) is 1.94. The van der Waals surface area contributed by atoms with Crippen molar-refractivity contribution in [2.24, 2.45) is 4.99 Å². The number of hydrogen-bond acceptors (Lipinski definition) is 2. The average molecular weight is 140 g/mol. The van der Waals surface area contributed by atoms with Crippen molar-refractivity contribution in [1.29, 1.82) is 0 Å². The molecule has 1 heterocycles. The van der Waals surface area contributed by atoms with Gasteiger partial charge in [0.1, 0.15) is 0 Å². The molecule has 1 atom stereocenters. The Morgan fingerprint density at radius 3 is 3.20 bits per heavy atom. The number of rotatable bonds is 1. The molecule has 2 radical (unpaired) electrons. The molecule has 1 aliphatic rings. The maximum absolute atomic E-state index is 11.7. The summed E-state index contributed by atoms with van der Waals surface area (Å²) in [6.07, 6.45) is 1.92. The lowest BCUT2D eigenvalue weighted by atomic mass is 9.81. The van der Waals surface area contributed by atoms with E-state index in [1.165, 1.54) is 0 Å². The Morgan fingerprint density at radius 1 is 1.80 bits per heavy atom. The van der Waals surface area contributed by atoms with Crippen LogP contribution < -0.4 is 5.32 Å². The molecule has 0 amide bonds. The smallest absolute Gasteiger partial charge is 0.160 e. The number of aliphatic imine (C=N–C) groups is 1. The van der Waals surface area contributed by atoms with E-state index in [0.29, 0.717) is 5.84 Å². The minimum atomic E-state index is -0.577. The summed E-state index contributed by atoms with van der Waals surface area (Å²) < 4.78 is 11.7. The van der Waals surface area contributed by atoms with Gasteiger partial charge in [0.05, 0.1) is 13.7 Å². The Bertz CT molecular complexity index is 138. The van der Waals surface area contributed by atoms with Crippen LogP contribution in [0.4, 0.5) is 4.39 Å². The second-order valence-electron chi connectivity index (χ2n) is 2.33. The fourth-order valence-corrected chi connectivity index (χ4v) is 1.02. The van der Waals surface area contributed by atoms with Crippen LogP contribution in [0, 0.1) is 0 Å². The van der Waals surface area contributed by atoms with E-state index in [9.17, 15) is 4.39 Å². The van der Waals surface area contributed by atoms with Crippen molar-refractivity contribution in [3.63, 3.8) is 0 Å². The Morgan fingerprint density at radius 2 is 2.60 bits per heavy atom. The van der Waals surface area contributed by atoms with Crippen molar-refractivity contribution in [1.82, 2.24) is 5.32 Å². The highest BCUT2D eigenvalue weighted by Crippen LogP contribution is 2.14. The monoisotopic (exact) mass is 140 g/mol. The quantitative estimate of drug-likeness (QED) is 0.419. The predicted molar refractivity (Wildman–Crippen MR) is 40.2 cm³/mol. The summed E-state index contributed by atoms with van der Waals surface area (Å²) in [6.45, 7) is 0.197. The third kappa shape index (κ3) is 1.72. The van der Waals surface area contributed by atoms with Crippen molar-refractivity contribution in [3.8, 4) is 0 Å². The minimum absolute atomic E-state index is 0.0792. The van der Waals surface area contributed by atoms with Crippen LogP contribution in [-0.4, -0.2) is 27.0 Å². The van der Waals surface area contributed by atoms with Gasteiger partial charge in [-0.25, -0.2) is 4.39 Å². The van der Waals surface area contributed by atoms with Gasteiger partial charge in [-0.2, -0.15) is 0 Å². The zero-order chi connectivity index (χ0) is 7.40. The van der Waals surface area contributed by atoms with Crippen LogP contribution in [0.5, 0.6) is 0 Å². The summed E-state index contributed by atoms with van der Waals surface area (Å²) in [7, 11) is 5.61. The van der Waals surface area contributed by atoms with Crippen LogP contribution in [0.1, 0.15) is 12.8 Å². The Balaban J connectivity index is 2.44. The number of hydrogen-bond donors (Lipinski definition) is 1. The predicted octanol–water partition coefficient (Wildman–Crippen LogP) is 0.652. The molecule has 0 aromatic rings. The van der Waals surface area contributed by atoms with E-state index in [1.807, 2.05) is 0 Å². The molecule has 0 spiro atoms. The van der Waals surface area contributed by atoms with Gasteiger partial charge in [-0.15, -0.1) is 0 Å². The third-order valence-electron chi connectivity index (χ3n) is 1.55. The van der Waals surface area contributed by atoms with Crippen LogP contribution in [0.15, 0.2) is 4.99 Å². The van der Waals surface area contributed by atoms with Crippen LogP contribution >= 0.6 is 0 Å². The van der Waals surface area contributed by atoms with Crippen LogP contribution in [-0.2, 0) is 0 Å². The first kappa shape index (κ1) is 7.57. The van der Waals surface area contributed by atoms with E-state index in [-0.39, 0.29) is 5.82 Å². The summed E-state index contributed by atoms with van der Waals surface area (Å²) in [5.41, 5.74) is 0. The third-order valence-corrected chi connectivity index (χ3v) is 1.55. The fraction of sp³-hybridized carbons (Fsp3) is 0.833. The molecule has 0 aliphatic carbocycles. The maximum atomic E-state index is 11.7. The molecular formula is C6H10BFN2. The largest absolute Gasteiger partial charge is 0.347 e. The first-order valence-corrected chi connectivity index (χ1v) is 3.44. The molecule has 0 saturated heterocycles. The topological polar surface area (TPSA) is 24.4 Å². The number of nitrogens with zero attached hydrogens (tertiary/aromatic N) is 1. The van der Waals surface area contributed by atoms with E-state index in [1.54, 1.807) is 0 Å². The molecule has 0 bridgehead atoms. The Hall–Kier alpha value is -0.535. The first-order valence-electron chi connectivity index (χ1n) is 3.44. The van der Waals surface area contributed by atoms with E-state index in [4.69, 9.17) is 7.85 Å². The lowest BCUT2D eigenvalue weighted by Crippen LogP contribution is -2.29. The summed E-state index contributed by atoms with van der Waals surface area (Å²) in [6, 6.07) is 0. The Labute approximate surface area is 61.3 Å². The molecule has 1 rings (SSSR count). The molecule has 10 heavy (non-hydrogen) atoms. The number of nitrogens with one attached hydrogen (secondary N) is 1. The lowest BCUT2D eigenvalue weighted by molar-refractivity contribution is 0.470. The normalized spacial score (nSPS) is 25.7. The van der Waals surface area contributed by atoms with E-state index in [2.05, 4.69) is 10.3 Å². The molecule has 0 aromatic heterocycles. The summed E-state index contributed by atoms with van der Waals surface area (Å²) in [5, 5.41) is 2.49. The van der Waals surface area contributed by atoms with Crippen LogP contribution in [0.2, 0.25) is 5.82 Å². The summed E-state index contributed by atoms with van der Waals surface area (Å²) in [5.74, 6) is 0.540. The van der Waals surface area contributed by atoms with Crippen LogP contribution in [0.3, 0.4) is 0 Å². The second-order valence-corrected chi connectivity index (χ2v) is 2.33. The molecule has 1 unspecified atom stereocenters. The molecule has 54 valence electrons.